The first-order valence-corrected chi connectivity index (χ1v) is 8.27. The predicted molar refractivity (Wildman–Crippen MR) is 87.1 cm³/mol. The van der Waals surface area contributed by atoms with E-state index >= 15 is 0 Å². The van der Waals surface area contributed by atoms with E-state index in [4.69, 9.17) is 0 Å². The van der Waals surface area contributed by atoms with Crippen LogP contribution in [0.25, 0.3) is 0 Å². The molecular formula is C17H25N3O2. The number of carbonyl (C=O) groups excluding carboxylic acids is 1. The van der Waals surface area contributed by atoms with Crippen LogP contribution in [-0.2, 0) is 4.79 Å². The van der Waals surface area contributed by atoms with Crippen molar-refractivity contribution in [3.63, 3.8) is 0 Å². The van der Waals surface area contributed by atoms with Crippen molar-refractivity contribution in [2.75, 3.05) is 44.2 Å². The van der Waals surface area contributed by atoms with Crippen molar-refractivity contribution in [1.82, 2.24) is 10.2 Å². The fraction of sp³-hybridized carbons (Fsp3) is 0.588. The molecule has 22 heavy (non-hydrogen) atoms. The highest BCUT2D eigenvalue weighted by molar-refractivity contribution is 5.79. The second-order valence-electron chi connectivity index (χ2n) is 6.21. The Bertz CT molecular complexity index is 504. The molecule has 2 N–H and O–H groups in total. The van der Waals surface area contributed by atoms with Gasteiger partial charge in [-0.3, -0.25) is 4.79 Å². The van der Waals surface area contributed by atoms with Gasteiger partial charge in [0, 0.05) is 43.9 Å². The molecule has 0 spiro atoms. The molecule has 2 saturated heterocycles. The van der Waals surface area contributed by atoms with E-state index in [0.717, 1.165) is 64.2 Å². The van der Waals surface area contributed by atoms with Crippen molar-refractivity contribution in [1.29, 1.82) is 0 Å². The molecule has 0 unspecified atom stereocenters. The summed E-state index contributed by atoms with van der Waals surface area (Å²) in [5.41, 5.74) is 1.03. The molecule has 5 heteroatoms. The van der Waals surface area contributed by atoms with Crippen LogP contribution >= 0.6 is 0 Å². The van der Waals surface area contributed by atoms with Crippen LogP contribution in [0.5, 0.6) is 5.75 Å². The third-order valence-electron chi connectivity index (χ3n) is 4.71. The number of benzene rings is 1. The molecule has 1 amide bonds. The van der Waals surface area contributed by atoms with Gasteiger partial charge >= 0.3 is 0 Å². The lowest BCUT2D eigenvalue weighted by atomic mass is 9.98. The summed E-state index contributed by atoms with van der Waals surface area (Å²) in [4.78, 5) is 16.9. The Morgan fingerprint density at radius 2 is 1.95 bits per heavy atom. The van der Waals surface area contributed by atoms with Gasteiger partial charge in [0.15, 0.2) is 0 Å². The molecular weight excluding hydrogens is 278 g/mol. The maximum Gasteiger partial charge on any atom is 0.225 e. The maximum absolute atomic E-state index is 12.6. The van der Waals surface area contributed by atoms with Gasteiger partial charge in [0.1, 0.15) is 5.75 Å². The number of carbonyl (C=O) groups is 1. The quantitative estimate of drug-likeness (QED) is 0.868. The number of phenolic OH excluding ortho intramolecular Hbond substituents is 1. The largest absolute Gasteiger partial charge is 0.508 e. The van der Waals surface area contributed by atoms with Crippen LogP contribution < -0.4 is 10.2 Å². The first kappa shape index (κ1) is 15.2. The number of aromatic hydroxyl groups is 1. The maximum atomic E-state index is 12.6. The van der Waals surface area contributed by atoms with E-state index < -0.39 is 0 Å². The van der Waals surface area contributed by atoms with Gasteiger partial charge in [-0.25, -0.2) is 0 Å². The molecule has 2 heterocycles. The van der Waals surface area contributed by atoms with Gasteiger partial charge in [0.25, 0.3) is 0 Å². The highest BCUT2D eigenvalue weighted by atomic mass is 16.3. The first-order valence-electron chi connectivity index (χ1n) is 8.27. The minimum absolute atomic E-state index is 0.197. The van der Waals surface area contributed by atoms with E-state index in [-0.39, 0.29) is 5.92 Å². The van der Waals surface area contributed by atoms with Crippen molar-refractivity contribution in [2.45, 2.75) is 19.3 Å². The summed E-state index contributed by atoms with van der Waals surface area (Å²) in [5, 5.41) is 12.9. The summed E-state index contributed by atoms with van der Waals surface area (Å²) >= 11 is 0. The topological polar surface area (TPSA) is 55.8 Å². The number of nitrogens with zero attached hydrogens (tertiary/aromatic N) is 2. The standard InChI is InChI=1S/C17H25N3O2/c21-16-5-1-4-15(13-16)19-9-11-20(12-10-19)17(22)14-3-2-7-18-8-6-14/h1,4-5,13-14,18,21H,2-3,6-12H2/t14-/m1/s1. The van der Waals surface area contributed by atoms with Gasteiger partial charge in [0.05, 0.1) is 0 Å². The zero-order valence-electron chi connectivity index (χ0n) is 13.0. The number of rotatable bonds is 2. The van der Waals surface area contributed by atoms with E-state index in [1.807, 2.05) is 17.0 Å². The Morgan fingerprint density at radius 3 is 2.73 bits per heavy atom. The first-order chi connectivity index (χ1) is 10.7. The lowest BCUT2D eigenvalue weighted by molar-refractivity contribution is -0.136. The molecule has 1 atom stereocenters. The fourth-order valence-corrected chi connectivity index (χ4v) is 3.40. The summed E-state index contributed by atoms with van der Waals surface area (Å²) in [6.45, 7) is 5.21. The summed E-state index contributed by atoms with van der Waals surface area (Å²) in [7, 11) is 0. The average molecular weight is 303 g/mol. The number of amides is 1. The molecule has 3 rings (SSSR count). The third kappa shape index (κ3) is 3.53. The van der Waals surface area contributed by atoms with Gasteiger partial charge in [0.2, 0.25) is 5.91 Å². The number of nitrogens with one attached hydrogen (secondary N) is 1. The number of phenols is 1. The molecule has 120 valence electrons. The summed E-state index contributed by atoms with van der Waals surface area (Å²) in [5.74, 6) is 0.823. The molecule has 0 aliphatic carbocycles. The molecule has 1 aromatic carbocycles. The number of hydrogen-bond donors (Lipinski definition) is 2. The second kappa shape index (κ2) is 7.01. The van der Waals surface area contributed by atoms with Crippen molar-refractivity contribution >= 4 is 11.6 Å². The molecule has 2 aliphatic rings. The van der Waals surface area contributed by atoms with E-state index in [1.165, 1.54) is 0 Å². The van der Waals surface area contributed by atoms with Crippen LogP contribution in [0.2, 0.25) is 0 Å². The molecule has 1 aromatic rings. The summed E-state index contributed by atoms with van der Waals surface area (Å²) in [6.07, 6.45) is 3.07. The molecule has 5 nitrogen and oxygen atoms in total. The van der Waals surface area contributed by atoms with Gasteiger partial charge in [-0.05, 0) is 44.5 Å². The van der Waals surface area contributed by atoms with Gasteiger partial charge in [-0.2, -0.15) is 0 Å². The lowest BCUT2D eigenvalue weighted by Crippen LogP contribution is -2.50. The van der Waals surface area contributed by atoms with E-state index in [1.54, 1.807) is 12.1 Å². The average Bonchev–Trinajstić information content (AvgIpc) is 2.84. The molecule has 2 aliphatic heterocycles. The molecule has 2 fully saturated rings. The van der Waals surface area contributed by atoms with E-state index in [0.29, 0.717) is 11.7 Å². The Kier molecular flexibility index (Phi) is 4.83. The van der Waals surface area contributed by atoms with Crippen LogP contribution in [0, 0.1) is 5.92 Å². The highest BCUT2D eigenvalue weighted by Gasteiger charge is 2.27. The smallest absolute Gasteiger partial charge is 0.225 e. The fourth-order valence-electron chi connectivity index (χ4n) is 3.40. The normalized spacial score (nSPS) is 23.2. The second-order valence-corrected chi connectivity index (χ2v) is 6.21. The van der Waals surface area contributed by atoms with Gasteiger partial charge < -0.3 is 20.2 Å². The number of anilines is 1. The van der Waals surface area contributed by atoms with Crippen molar-refractivity contribution in [3.05, 3.63) is 24.3 Å². The Labute approximate surface area is 131 Å². The molecule has 0 radical (unpaired) electrons. The minimum Gasteiger partial charge on any atom is -0.508 e. The SMILES string of the molecule is O=C([C@@H]1CCCNCC1)N1CCN(c2cccc(O)c2)CC1. The Morgan fingerprint density at radius 1 is 1.14 bits per heavy atom. The third-order valence-corrected chi connectivity index (χ3v) is 4.71. The lowest BCUT2D eigenvalue weighted by Gasteiger charge is -2.37. The monoisotopic (exact) mass is 303 g/mol. The van der Waals surface area contributed by atoms with Gasteiger partial charge in [-0.1, -0.05) is 6.07 Å². The summed E-state index contributed by atoms with van der Waals surface area (Å²) < 4.78 is 0. The van der Waals surface area contributed by atoms with Crippen LogP contribution in [0.3, 0.4) is 0 Å². The summed E-state index contributed by atoms with van der Waals surface area (Å²) in [6, 6.07) is 7.34. The minimum atomic E-state index is 0.197. The van der Waals surface area contributed by atoms with Crippen molar-refractivity contribution in [2.24, 2.45) is 5.92 Å². The van der Waals surface area contributed by atoms with Crippen LogP contribution in [0.1, 0.15) is 19.3 Å². The molecule has 0 saturated carbocycles. The van der Waals surface area contributed by atoms with Crippen LogP contribution in [-0.4, -0.2) is 55.2 Å². The van der Waals surface area contributed by atoms with Crippen molar-refractivity contribution in [3.8, 4) is 5.75 Å². The van der Waals surface area contributed by atoms with Gasteiger partial charge in [-0.15, -0.1) is 0 Å². The highest BCUT2D eigenvalue weighted by Crippen LogP contribution is 2.23. The van der Waals surface area contributed by atoms with E-state index in [9.17, 15) is 9.90 Å². The Hall–Kier alpha value is -1.75. The molecule has 0 aromatic heterocycles. The number of piperazine rings is 1. The molecule has 0 bridgehead atoms. The zero-order valence-corrected chi connectivity index (χ0v) is 13.0. The van der Waals surface area contributed by atoms with E-state index in [2.05, 4.69) is 10.2 Å². The zero-order chi connectivity index (χ0) is 15.4. The number of hydrogen-bond acceptors (Lipinski definition) is 4. The van der Waals surface area contributed by atoms with Crippen molar-refractivity contribution < 1.29 is 9.90 Å². The predicted octanol–water partition coefficient (Wildman–Crippen LogP) is 1.43. The Balaban J connectivity index is 1.55. The van der Waals surface area contributed by atoms with Crippen LogP contribution in [0.15, 0.2) is 24.3 Å². The van der Waals surface area contributed by atoms with Crippen LogP contribution in [0.4, 0.5) is 5.69 Å².